The minimum absolute atomic E-state index is 0.158. The third-order valence-corrected chi connectivity index (χ3v) is 5.40. The maximum Gasteiger partial charge on any atom is 0.242 e. The Morgan fingerprint density at radius 2 is 1.89 bits per heavy atom. The molecule has 2 rings (SSSR count). The zero-order chi connectivity index (χ0) is 13.7. The van der Waals surface area contributed by atoms with Crippen LogP contribution in [0, 0.1) is 0 Å². The fourth-order valence-corrected chi connectivity index (χ4v) is 4.00. The number of halogens is 1. The third-order valence-electron chi connectivity index (χ3n) is 3.44. The van der Waals surface area contributed by atoms with Gasteiger partial charge in [0.05, 0.1) is 24.7 Å². The SMILES string of the molecule is O=S(=O)(NCCC[NH+]1CCCC1)c1ccccc1Cl. The van der Waals surface area contributed by atoms with Gasteiger partial charge in [-0.1, -0.05) is 23.7 Å². The average Bonchev–Trinajstić information content (AvgIpc) is 2.88. The Hall–Kier alpha value is -0.620. The molecule has 0 unspecified atom stereocenters. The molecule has 1 aliphatic rings. The fourth-order valence-electron chi connectivity index (χ4n) is 2.41. The summed E-state index contributed by atoms with van der Waals surface area (Å²) in [5.74, 6) is 0. The molecule has 0 aromatic heterocycles. The van der Waals surface area contributed by atoms with Crippen LogP contribution in [-0.2, 0) is 10.0 Å². The van der Waals surface area contributed by atoms with Crippen molar-refractivity contribution in [2.24, 2.45) is 0 Å². The van der Waals surface area contributed by atoms with Crippen molar-refractivity contribution >= 4 is 21.6 Å². The van der Waals surface area contributed by atoms with Gasteiger partial charge in [-0.05, 0) is 12.1 Å². The van der Waals surface area contributed by atoms with E-state index in [0.29, 0.717) is 6.54 Å². The summed E-state index contributed by atoms with van der Waals surface area (Å²) in [4.78, 5) is 1.74. The number of hydrogen-bond acceptors (Lipinski definition) is 2. The van der Waals surface area contributed by atoms with E-state index in [2.05, 4.69) is 4.72 Å². The van der Waals surface area contributed by atoms with Gasteiger partial charge in [-0.3, -0.25) is 0 Å². The number of rotatable bonds is 6. The van der Waals surface area contributed by atoms with Crippen molar-refractivity contribution in [1.29, 1.82) is 0 Å². The summed E-state index contributed by atoms with van der Waals surface area (Å²) in [6, 6.07) is 6.51. The van der Waals surface area contributed by atoms with Crippen molar-refractivity contribution in [3.05, 3.63) is 29.3 Å². The predicted molar refractivity (Wildman–Crippen MR) is 76.1 cm³/mol. The third kappa shape index (κ3) is 4.18. The molecule has 0 radical (unpaired) electrons. The average molecular weight is 304 g/mol. The standard InChI is InChI=1S/C13H19ClN2O2S/c14-12-6-1-2-7-13(12)19(17,18)15-8-5-11-16-9-3-4-10-16/h1-2,6-7,15H,3-5,8-11H2/p+1. The zero-order valence-electron chi connectivity index (χ0n) is 10.9. The first-order valence-corrected chi connectivity index (χ1v) is 8.53. The van der Waals surface area contributed by atoms with Crippen molar-refractivity contribution in [3.8, 4) is 0 Å². The van der Waals surface area contributed by atoms with Crippen LogP contribution in [-0.4, -0.2) is 34.6 Å². The highest BCUT2D eigenvalue weighted by Crippen LogP contribution is 2.19. The van der Waals surface area contributed by atoms with Gasteiger partial charge in [-0.25, -0.2) is 13.1 Å². The second-order valence-corrected chi connectivity index (χ2v) is 7.03. The molecule has 0 bridgehead atoms. The minimum Gasteiger partial charge on any atom is -0.335 e. The van der Waals surface area contributed by atoms with Crippen LogP contribution in [0.5, 0.6) is 0 Å². The van der Waals surface area contributed by atoms with Crippen LogP contribution >= 0.6 is 11.6 Å². The molecule has 19 heavy (non-hydrogen) atoms. The molecule has 1 fully saturated rings. The number of hydrogen-bond donors (Lipinski definition) is 2. The number of benzene rings is 1. The van der Waals surface area contributed by atoms with Gasteiger partial charge in [-0.15, -0.1) is 0 Å². The van der Waals surface area contributed by atoms with Crippen molar-refractivity contribution in [1.82, 2.24) is 4.72 Å². The molecule has 0 spiro atoms. The predicted octanol–water partition coefficient (Wildman–Crippen LogP) is 0.687. The normalized spacial score (nSPS) is 16.9. The van der Waals surface area contributed by atoms with Crippen LogP contribution in [0.1, 0.15) is 19.3 Å². The lowest BCUT2D eigenvalue weighted by Gasteiger charge is -2.12. The number of likely N-dealkylation sites (tertiary alicyclic amines) is 1. The highest BCUT2D eigenvalue weighted by molar-refractivity contribution is 7.89. The van der Waals surface area contributed by atoms with Gasteiger partial charge >= 0.3 is 0 Å². The summed E-state index contributed by atoms with van der Waals surface area (Å²) in [5, 5.41) is 0.264. The molecule has 1 aliphatic heterocycles. The lowest BCUT2D eigenvalue weighted by atomic mass is 10.4. The molecular formula is C13H20ClN2O2S+. The first kappa shape index (κ1) is 14.8. The molecule has 6 heteroatoms. The van der Waals surface area contributed by atoms with Crippen LogP contribution in [0.4, 0.5) is 0 Å². The number of sulfonamides is 1. The van der Waals surface area contributed by atoms with E-state index >= 15 is 0 Å². The summed E-state index contributed by atoms with van der Waals surface area (Å²) in [5.41, 5.74) is 0. The van der Waals surface area contributed by atoms with Crippen molar-refractivity contribution in [2.75, 3.05) is 26.2 Å². The molecule has 4 nitrogen and oxygen atoms in total. The molecule has 106 valence electrons. The van der Waals surface area contributed by atoms with E-state index in [-0.39, 0.29) is 9.92 Å². The highest BCUT2D eigenvalue weighted by Gasteiger charge is 2.18. The molecular weight excluding hydrogens is 284 g/mol. The largest absolute Gasteiger partial charge is 0.335 e. The van der Waals surface area contributed by atoms with Gasteiger partial charge in [0.1, 0.15) is 4.90 Å². The van der Waals surface area contributed by atoms with Gasteiger partial charge in [0.2, 0.25) is 10.0 Å². The van der Waals surface area contributed by atoms with E-state index in [0.717, 1.165) is 13.0 Å². The summed E-state index contributed by atoms with van der Waals surface area (Å²) in [6.45, 7) is 3.94. The Kier molecular flexibility index (Phi) is 5.21. The van der Waals surface area contributed by atoms with E-state index in [1.807, 2.05) is 0 Å². The van der Waals surface area contributed by atoms with Gasteiger partial charge < -0.3 is 4.90 Å². The van der Waals surface area contributed by atoms with Crippen LogP contribution < -0.4 is 9.62 Å². The van der Waals surface area contributed by atoms with E-state index in [1.165, 1.54) is 32.0 Å². The monoisotopic (exact) mass is 303 g/mol. The maximum atomic E-state index is 12.0. The Morgan fingerprint density at radius 1 is 1.21 bits per heavy atom. The minimum atomic E-state index is -3.48. The van der Waals surface area contributed by atoms with Gasteiger partial charge in [-0.2, -0.15) is 0 Å². The van der Waals surface area contributed by atoms with E-state index in [9.17, 15) is 8.42 Å². The Balaban J connectivity index is 1.82. The Labute approximate surface area is 119 Å². The smallest absolute Gasteiger partial charge is 0.242 e. The molecule has 1 aromatic carbocycles. The second-order valence-electron chi connectivity index (χ2n) is 4.89. The zero-order valence-corrected chi connectivity index (χ0v) is 12.4. The Morgan fingerprint density at radius 3 is 2.58 bits per heavy atom. The molecule has 2 N–H and O–H groups in total. The quantitative estimate of drug-likeness (QED) is 0.760. The van der Waals surface area contributed by atoms with Gasteiger partial charge in [0, 0.05) is 25.8 Å². The maximum absolute atomic E-state index is 12.0. The van der Waals surface area contributed by atoms with E-state index in [1.54, 1.807) is 23.1 Å². The molecule has 0 saturated carbocycles. The molecule has 0 amide bonds. The first-order chi connectivity index (χ1) is 9.09. The molecule has 1 heterocycles. The van der Waals surface area contributed by atoms with Crippen LogP contribution in [0.25, 0.3) is 0 Å². The van der Waals surface area contributed by atoms with E-state index < -0.39 is 10.0 Å². The number of quaternary nitrogens is 1. The molecule has 1 aromatic rings. The molecule has 0 aliphatic carbocycles. The topological polar surface area (TPSA) is 50.6 Å². The van der Waals surface area contributed by atoms with E-state index in [4.69, 9.17) is 11.6 Å². The van der Waals surface area contributed by atoms with Crippen molar-refractivity contribution in [2.45, 2.75) is 24.2 Å². The van der Waals surface area contributed by atoms with Crippen LogP contribution in [0.2, 0.25) is 5.02 Å². The lowest BCUT2D eigenvalue weighted by Crippen LogP contribution is -3.10. The number of nitrogens with one attached hydrogen (secondary N) is 2. The summed E-state index contributed by atoms with van der Waals surface area (Å²) < 4.78 is 26.7. The summed E-state index contributed by atoms with van der Waals surface area (Å²) >= 11 is 5.90. The van der Waals surface area contributed by atoms with Gasteiger partial charge in [0.15, 0.2) is 0 Å². The summed E-state index contributed by atoms with van der Waals surface area (Å²) in [7, 11) is -3.48. The first-order valence-electron chi connectivity index (χ1n) is 6.67. The summed E-state index contributed by atoms with van der Waals surface area (Å²) in [6.07, 6.45) is 3.44. The van der Waals surface area contributed by atoms with Gasteiger partial charge in [0.25, 0.3) is 0 Å². The fraction of sp³-hybridized carbons (Fsp3) is 0.538. The van der Waals surface area contributed by atoms with Crippen molar-refractivity contribution < 1.29 is 13.3 Å². The molecule has 0 atom stereocenters. The lowest BCUT2D eigenvalue weighted by molar-refractivity contribution is -0.887. The Bertz CT molecular complexity index is 513. The van der Waals surface area contributed by atoms with Crippen molar-refractivity contribution in [3.63, 3.8) is 0 Å². The second kappa shape index (κ2) is 6.70. The van der Waals surface area contributed by atoms with Crippen LogP contribution in [0.3, 0.4) is 0 Å². The molecule has 1 saturated heterocycles. The van der Waals surface area contributed by atoms with Crippen LogP contribution in [0.15, 0.2) is 29.2 Å². The highest BCUT2D eigenvalue weighted by atomic mass is 35.5.